The van der Waals surface area contributed by atoms with Crippen molar-refractivity contribution >= 4 is 17.7 Å². The third-order valence-electron chi connectivity index (χ3n) is 4.04. The summed E-state index contributed by atoms with van der Waals surface area (Å²) in [5.74, 6) is 0. The number of carbonyl (C=O) groups excluding carboxylic acids is 1. The minimum absolute atomic E-state index is 0.239. The van der Waals surface area contributed by atoms with Crippen molar-refractivity contribution in [1.82, 2.24) is 0 Å². The van der Waals surface area contributed by atoms with Crippen LogP contribution in [-0.2, 0) is 4.79 Å². The Morgan fingerprint density at radius 1 is 0.900 bits per heavy atom. The number of unbranched alkanes of at least 4 members (excludes halogenated alkanes) is 8. The first-order valence-electron chi connectivity index (χ1n) is 8.27. The zero-order valence-corrected chi connectivity index (χ0v) is 14.2. The molecule has 0 aliphatic heterocycles. The van der Waals surface area contributed by atoms with E-state index in [9.17, 15) is 10.1 Å². The summed E-state index contributed by atoms with van der Waals surface area (Å²) in [6.07, 6.45) is 13.2. The van der Waals surface area contributed by atoms with Gasteiger partial charge in [-0.1, -0.05) is 78.1 Å². The molecular formula is C17H31NOS. The highest BCUT2D eigenvalue weighted by Crippen LogP contribution is 2.33. The molecule has 0 amide bonds. The second-order valence-electron chi connectivity index (χ2n) is 5.83. The summed E-state index contributed by atoms with van der Waals surface area (Å²) in [5.41, 5.74) is -0.832. The zero-order valence-electron chi connectivity index (χ0n) is 13.3. The molecule has 0 saturated heterocycles. The zero-order chi connectivity index (χ0) is 15.3. The maximum atomic E-state index is 11.7. The van der Waals surface area contributed by atoms with Gasteiger partial charge in [0.2, 0.25) is 5.12 Å². The second kappa shape index (κ2) is 12.3. The third-order valence-corrected chi connectivity index (χ3v) is 4.47. The van der Waals surface area contributed by atoms with Crippen LogP contribution in [0.2, 0.25) is 0 Å². The molecule has 1 unspecified atom stereocenters. The lowest BCUT2D eigenvalue weighted by molar-refractivity contribution is -0.117. The molecule has 0 aromatic carbocycles. The summed E-state index contributed by atoms with van der Waals surface area (Å²) in [6.45, 7) is 4.31. The van der Waals surface area contributed by atoms with Gasteiger partial charge in [0.1, 0.15) is 5.41 Å². The maximum absolute atomic E-state index is 11.7. The van der Waals surface area contributed by atoms with Gasteiger partial charge >= 0.3 is 0 Å². The average molecular weight is 298 g/mol. The van der Waals surface area contributed by atoms with Crippen LogP contribution < -0.4 is 0 Å². The summed E-state index contributed by atoms with van der Waals surface area (Å²) in [7, 11) is 0. The van der Waals surface area contributed by atoms with Crippen LogP contribution in [-0.4, -0.2) is 5.12 Å². The fourth-order valence-electron chi connectivity index (χ4n) is 2.54. The summed E-state index contributed by atoms with van der Waals surface area (Å²) in [6, 6.07) is 2.24. The van der Waals surface area contributed by atoms with E-state index in [2.05, 4.69) is 32.5 Å². The third kappa shape index (κ3) is 7.94. The lowest BCUT2D eigenvalue weighted by atomic mass is 9.80. The Hall–Kier alpha value is -0.490. The fourth-order valence-corrected chi connectivity index (χ4v) is 2.81. The highest BCUT2D eigenvalue weighted by molar-refractivity contribution is 7.96. The molecule has 2 nitrogen and oxygen atoms in total. The van der Waals surface area contributed by atoms with E-state index < -0.39 is 5.41 Å². The number of nitriles is 1. The molecule has 0 fully saturated rings. The van der Waals surface area contributed by atoms with E-state index in [1.807, 2.05) is 0 Å². The Labute approximate surface area is 130 Å². The van der Waals surface area contributed by atoms with Gasteiger partial charge in [-0.15, -0.1) is 12.6 Å². The van der Waals surface area contributed by atoms with E-state index in [0.29, 0.717) is 12.8 Å². The molecule has 0 aromatic heterocycles. The van der Waals surface area contributed by atoms with Gasteiger partial charge in [0, 0.05) is 0 Å². The van der Waals surface area contributed by atoms with Crippen molar-refractivity contribution in [2.45, 2.75) is 90.9 Å². The van der Waals surface area contributed by atoms with Gasteiger partial charge in [-0.05, 0) is 12.8 Å². The topological polar surface area (TPSA) is 40.9 Å². The van der Waals surface area contributed by atoms with Gasteiger partial charge in [-0.3, -0.25) is 4.79 Å². The van der Waals surface area contributed by atoms with Crippen LogP contribution in [0.3, 0.4) is 0 Å². The number of nitrogens with zero attached hydrogens (tertiary/aromatic N) is 1. The molecule has 0 heterocycles. The Balaban J connectivity index is 3.91. The van der Waals surface area contributed by atoms with Crippen molar-refractivity contribution < 1.29 is 4.79 Å². The standard InChI is InChI=1S/C17H31NOS/c1-3-5-7-8-9-10-11-12-14-17(15-18,16(19)20)13-6-4-2/h3-14H2,1-2H3,(H,19,20). The van der Waals surface area contributed by atoms with E-state index in [-0.39, 0.29) is 5.12 Å². The largest absolute Gasteiger partial charge is 0.286 e. The summed E-state index contributed by atoms with van der Waals surface area (Å²) >= 11 is 3.95. The maximum Gasteiger partial charge on any atom is 0.206 e. The predicted molar refractivity (Wildman–Crippen MR) is 88.8 cm³/mol. The lowest BCUT2D eigenvalue weighted by Gasteiger charge is -2.22. The van der Waals surface area contributed by atoms with Gasteiger partial charge in [0.25, 0.3) is 0 Å². The van der Waals surface area contributed by atoms with Crippen LogP contribution in [0.1, 0.15) is 90.9 Å². The van der Waals surface area contributed by atoms with E-state index in [1.165, 1.54) is 38.5 Å². The Morgan fingerprint density at radius 2 is 1.35 bits per heavy atom. The van der Waals surface area contributed by atoms with Crippen molar-refractivity contribution in [3.8, 4) is 6.07 Å². The lowest BCUT2D eigenvalue weighted by Crippen LogP contribution is -2.26. The van der Waals surface area contributed by atoms with Gasteiger partial charge in [0.05, 0.1) is 6.07 Å². The molecule has 0 spiro atoms. The molecule has 0 radical (unpaired) electrons. The highest BCUT2D eigenvalue weighted by atomic mass is 32.1. The normalized spacial score (nSPS) is 13.7. The van der Waals surface area contributed by atoms with Crippen LogP contribution >= 0.6 is 12.6 Å². The molecule has 3 heteroatoms. The minimum atomic E-state index is -0.832. The van der Waals surface area contributed by atoms with Gasteiger partial charge in [-0.25, -0.2) is 0 Å². The molecule has 0 aromatic rings. The number of rotatable bonds is 13. The second-order valence-corrected chi connectivity index (χ2v) is 6.23. The first-order valence-corrected chi connectivity index (χ1v) is 8.72. The molecular weight excluding hydrogens is 266 g/mol. The van der Waals surface area contributed by atoms with Crippen molar-refractivity contribution in [2.24, 2.45) is 5.41 Å². The summed E-state index contributed by atoms with van der Waals surface area (Å²) in [5, 5.41) is 9.11. The van der Waals surface area contributed by atoms with Crippen LogP contribution in [0.5, 0.6) is 0 Å². The van der Waals surface area contributed by atoms with Crippen molar-refractivity contribution in [2.75, 3.05) is 0 Å². The van der Waals surface area contributed by atoms with E-state index in [4.69, 9.17) is 0 Å². The number of hydrogen-bond acceptors (Lipinski definition) is 2. The molecule has 0 bridgehead atoms. The number of hydrogen-bond donors (Lipinski definition) is 1. The molecule has 0 aliphatic carbocycles. The van der Waals surface area contributed by atoms with Crippen molar-refractivity contribution in [3.63, 3.8) is 0 Å². The smallest absolute Gasteiger partial charge is 0.206 e. The summed E-state index contributed by atoms with van der Waals surface area (Å²) < 4.78 is 0. The molecule has 116 valence electrons. The molecule has 0 aliphatic rings. The predicted octanol–water partition coefficient (Wildman–Crippen LogP) is 5.67. The SMILES string of the molecule is CCCCCCCCCCC(C#N)(CCCC)C(=O)S. The Morgan fingerprint density at radius 3 is 1.80 bits per heavy atom. The first kappa shape index (κ1) is 19.5. The van der Waals surface area contributed by atoms with Crippen LogP contribution in [0.15, 0.2) is 0 Å². The average Bonchev–Trinajstić information content (AvgIpc) is 2.45. The fraction of sp³-hybridized carbons (Fsp3) is 0.882. The molecule has 0 N–H and O–H groups in total. The van der Waals surface area contributed by atoms with E-state index in [0.717, 1.165) is 25.7 Å². The first-order chi connectivity index (χ1) is 9.63. The van der Waals surface area contributed by atoms with Crippen LogP contribution in [0, 0.1) is 16.7 Å². The van der Waals surface area contributed by atoms with E-state index >= 15 is 0 Å². The quantitative estimate of drug-likeness (QED) is 0.351. The van der Waals surface area contributed by atoms with Gasteiger partial charge in [-0.2, -0.15) is 5.26 Å². The van der Waals surface area contributed by atoms with Crippen LogP contribution in [0.25, 0.3) is 0 Å². The molecule has 20 heavy (non-hydrogen) atoms. The van der Waals surface area contributed by atoms with Crippen molar-refractivity contribution in [3.05, 3.63) is 0 Å². The molecule has 1 atom stereocenters. The van der Waals surface area contributed by atoms with Gasteiger partial charge < -0.3 is 0 Å². The minimum Gasteiger partial charge on any atom is -0.286 e. The molecule has 0 rings (SSSR count). The van der Waals surface area contributed by atoms with E-state index in [1.54, 1.807) is 0 Å². The number of carbonyl (C=O) groups is 1. The Bertz CT molecular complexity index is 298. The summed E-state index contributed by atoms with van der Waals surface area (Å²) in [4.78, 5) is 11.7. The van der Waals surface area contributed by atoms with Crippen LogP contribution in [0.4, 0.5) is 0 Å². The highest BCUT2D eigenvalue weighted by Gasteiger charge is 2.35. The molecule has 0 saturated carbocycles. The monoisotopic (exact) mass is 297 g/mol. The van der Waals surface area contributed by atoms with Crippen molar-refractivity contribution in [1.29, 1.82) is 5.26 Å². The van der Waals surface area contributed by atoms with Gasteiger partial charge in [0.15, 0.2) is 0 Å². The number of thiol groups is 1. The Kier molecular flexibility index (Phi) is 12.0.